The quantitative estimate of drug-likeness (QED) is 0.687. The van der Waals surface area contributed by atoms with Crippen LogP contribution in [-0.2, 0) is 0 Å². The molecule has 2 nitrogen and oxygen atoms in total. The van der Waals surface area contributed by atoms with Gasteiger partial charge in [-0.1, -0.05) is 17.7 Å². The summed E-state index contributed by atoms with van der Waals surface area (Å²) in [7, 11) is 0. The summed E-state index contributed by atoms with van der Waals surface area (Å²) in [6.07, 6.45) is 2.27. The lowest BCUT2D eigenvalue weighted by atomic mass is 10.1. The lowest BCUT2D eigenvalue weighted by Gasteiger charge is -2.21. The highest BCUT2D eigenvalue weighted by molar-refractivity contribution is 5.94. The van der Waals surface area contributed by atoms with Gasteiger partial charge in [-0.25, -0.2) is 0 Å². The Morgan fingerprint density at radius 1 is 1.47 bits per heavy atom. The van der Waals surface area contributed by atoms with Gasteiger partial charge in [-0.15, -0.1) is 0 Å². The zero-order chi connectivity index (χ0) is 10.8. The van der Waals surface area contributed by atoms with E-state index < -0.39 is 0 Å². The van der Waals surface area contributed by atoms with Gasteiger partial charge in [-0.3, -0.25) is 4.79 Å². The van der Waals surface area contributed by atoms with E-state index in [0.29, 0.717) is 6.04 Å². The van der Waals surface area contributed by atoms with E-state index >= 15 is 0 Å². The number of carbonyl (C=O) groups excluding carboxylic acids is 1. The molecule has 0 N–H and O–H groups in total. The molecule has 0 saturated carbocycles. The smallest absolute Gasteiger partial charge is 0.254 e. The van der Waals surface area contributed by atoms with E-state index in [2.05, 4.69) is 6.92 Å². The average molecular weight is 203 g/mol. The van der Waals surface area contributed by atoms with Gasteiger partial charge in [0, 0.05) is 18.2 Å². The van der Waals surface area contributed by atoms with Gasteiger partial charge in [-0.2, -0.15) is 0 Å². The molecular formula is C13H17NO. The van der Waals surface area contributed by atoms with Crippen LogP contribution in [0.2, 0.25) is 0 Å². The summed E-state index contributed by atoms with van der Waals surface area (Å²) in [4.78, 5) is 14.1. The van der Waals surface area contributed by atoms with Gasteiger partial charge in [0.2, 0.25) is 0 Å². The fourth-order valence-corrected chi connectivity index (χ4v) is 2.18. The van der Waals surface area contributed by atoms with Gasteiger partial charge >= 0.3 is 0 Å². The Bertz CT molecular complexity index is 373. The van der Waals surface area contributed by atoms with Gasteiger partial charge in [0.1, 0.15) is 0 Å². The van der Waals surface area contributed by atoms with E-state index in [1.165, 1.54) is 0 Å². The van der Waals surface area contributed by atoms with E-state index in [9.17, 15) is 4.79 Å². The summed E-state index contributed by atoms with van der Waals surface area (Å²) >= 11 is 0. The third-order valence-corrected chi connectivity index (χ3v) is 3.08. The Morgan fingerprint density at radius 3 is 2.87 bits per heavy atom. The van der Waals surface area contributed by atoms with E-state index in [-0.39, 0.29) is 5.91 Å². The molecule has 0 aromatic heterocycles. The number of carbonyl (C=O) groups is 1. The maximum absolute atomic E-state index is 12.1. The molecular weight excluding hydrogens is 186 g/mol. The summed E-state index contributed by atoms with van der Waals surface area (Å²) < 4.78 is 0. The first-order valence-electron chi connectivity index (χ1n) is 5.56. The summed E-state index contributed by atoms with van der Waals surface area (Å²) in [6, 6.07) is 8.24. The number of rotatable bonds is 1. The maximum atomic E-state index is 12.1. The summed E-state index contributed by atoms with van der Waals surface area (Å²) in [5, 5.41) is 0. The van der Waals surface area contributed by atoms with Crippen molar-refractivity contribution in [3.05, 3.63) is 35.4 Å². The highest BCUT2D eigenvalue weighted by atomic mass is 16.2. The zero-order valence-electron chi connectivity index (χ0n) is 9.36. The molecule has 0 spiro atoms. The highest BCUT2D eigenvalue weighted by Gasteiger charge is 2.25. The van der Waals surface area contributed by atoms with Gasteiger partial charge in [-0.05, 0) is 38.8 Å². The molecule has 80 valence electrons. The minimum atomic E-state index is 0.184. The third kappa shape index (κ3) is 2.04. The van der Waals surface area contributed by atoms with Crippen molar-refractivity contribution in [1.82, 2.24) is 4.90 Å². The second kappa shape index (κ2) is 4.05. The van der Waals surface area contributed by atoms with Gasteiger partial charge in [0.15, 0.2) is 0 Å². The van der Waals surface area contributed by atoms with Crippen molar-refractivity contribution in [1.29, 1.82) is 0 Å². The second-order valence-corrected chi connectivity index (χ2v) is 4.36. The average Bonchev–Trinajstić information content (AvgIpc) is 2.63. The molecule has 2 heteroatoms. The van der Waals surface area contributed by atoms with Gasteiger partial charge in [0.05, 0.1) is 0 Å². The molecule has 1 aromatic carbocycles. The largest absolute Gasteiger partial charge is 0.336 e. The van der Waals surface area contributed by atoms with Crippen LogP contribution in [-0.4, -0.2) is 23.4 Å². The van der Waals surface area contributed by atoms with E-state index in [4.69, 9.17) is 0 Å². The Morgan fingerprint density at radius 2 is 2.27 bits per heavy atom. The number of amides is 1. The number of hydrogen-bond donors (Lipinski definition) is 0. The van der Waals surface area contributed by atoms with Crippen LogP contribution < -0.4 is 0 Å². The molecule has 1 aromatic rings. The molecule has 0 bridgehead atoms. The molecule has 15 heavy (non-hydrogen) atoms. The van der Waals surface area contributed by atoms with Crippen LogP contribution in [0.3, 0.4) is 0 Å². The molecule has 0 unspecified atom stereocenters. The standard InChI is InChI=1S/C13H17NO/c1-10-5-3-7-12(9-10)13(15)14-8-4-6-11(14)2/h3,5,7,9,11H,4,6,8H2,1-2H3/t11-/m0/s1. The van der Waals surface area contributed by atoms with Crippen molar-refractivity contribution in [2.75, 3.05) is 6.54 Å². The van der Waals surface area contributed by atoms with E-state index in [1.54, 1.807) is 0 Å². The number of hydrogen-bond acceptors (Lipinski definition) is 1. The molecule has 1 heterocycles. The number of nitrogens with zero attached hydrogens (tertiary/aromatic N) is 1. The van der Waals surface area contributed by atoms with Crippen LogP contribution in [0.15, 0.2) is 24.3 Å². The van der Waals surface area contributed by atoms with Crippen molar-refractivity contribution < 1.29 is 4.79 Å². The maximum Gasteiger partial charge on any atom is 0.254 e. The minimum Gasteiger partial charge on any atom is -0.336 e. The third-order valence-electron chi connectivity index (χ3n) is 3.08. The van der Waals surface area contributed by atoms with Crippen molar-refractivity contribution in [2.24, 2.45) is 0 Å². The van der Waals surface area contributed by atoms with Crippen LogP contribution in [0.1, 0.15) is 35.7 Å². The first kappa shape index (κ1) is 10.2. The number of likely N-dealkylation sites (tertiary alicyclic amines) is 1. The number of aryl methyl sites for hydroxylation is 1. The fraction of sp³-hybridized carbons (Fsp3) is 0.462. The predicted molar refractivity (Wildman–Crippen MR) is 60.9 cm³/mol. The molecule has 1 aliphatic heterocycles. The minimum absolute atomic E-state index is 0.184. The normalized spacial score (nSPS) is 20.7. The topological polar surface area (TPSA) is 20.3 Å². The Kier molecular flexibility index (Phi) is 2.76. The molecule has 1 atom stereocenters. The fourth-order valence-electron chi connectivity index (χ4n) is 2.18. The van der Waals surface area contributed by atoms with Crippen LogP contribution in [0.5, 0.6) is 0 Å². The second-order valence-electron chi connectivity index (χ2n) is 4.36. The highest BCUT2D eigenvalue weighted by Crippen LogP contribution is 2.19. The first-order valence-corrected chi connectivity index (χ1v) is 5.56. The molecule has 1 saturated heterocycles. The van der Waals surface area contributed by atoms with Crippen molar-refractivity contribution >= 4 is 5.91 Å². The van der Waals surface area contributed by atoms with Gasteiger partial charge < -0.3 is 4.90 Å². The zero-order valence-corrected chi connectivity index (χ0v) is 9.36. The van der Waals surface area contributed by atoms with Crippen molar-refractivity contribution in [2.45, 2.75) is 32.7 Å². The van der Waals surface area contributed by atoms with Crippen molar-refractivity contribution in [3.63, 3.8) is 0 Å². The molecule has 0 radical (unpaired) electrons. The van der Waals surface area contributed by atoms with Gasteiger partial charge in [0.25, 0.3) is 5.91 Å². The Labute approximate surface area is 90.9 Å². The Balaban J connectivity index is 2.20. The Hall–Kier alpha value is -1.31. The van der Waals surface area contributed by atoms with Crippen LogP contribution in [0, 0.1) is 6.92 Å². The molecule has 1 fully saturated rings. The SMILES string of the molecule is Cc1cccc(C(=O)N2CCC[C@@H]2C)c1. The molecule has 1 amide bonds. The lowest BCUT2D eigenvalue weighted by molar-refractivity contribution is 0.0747. The molecule has 1 aliphatic rings. The van der Waals surface area contributed by atoms with Crippen LogP contribution >= 0.6 is 0 Å². The summed E-state index contributed by atoms with van der Waals surface area (Å²) in [5.41, 5.74) is 1.97. The first-order chi connectivity index (χ1) is 7.18. The number of benzene rings is 1. The predicted octanol–water partition coefficient (Wildman–Crippen LogP) is 2.62. The molecule has 2 rings (SSSR count). The van der Waals surface area contributed by atoms with Crippen LogP contribution in [0.25, 0.3) is 0 Å². The summed E-state index contributed by atoms with van der Waals surface area (Å²) in [6.45, 7) is 5.05. The lowest BCUT2D eigenvalue weighted by Crippen LogP contribution is -2.33. The van der Waals surface area contributed by atoms with Crippen molar-refractivity contribution in [3.8, 4) is 0 Å². The summed E-state index contributed by atoms with van der Waals surface area (Å²) in [5.74, 6) is 0.184. The molecule has 0 aliphatic carbocycles. The van der Waals surface area contributed by atoms with Crippen LogP contribution in [0.4, 0.5) is 0 Å². The van der Waals surface area contributed by atoms with E-state index in [0.717, 1.165) is 30.5 Å². The monoisotopic (exact) mass is 203 g/mol. The van der Waals surface area contributed by atoms with E-state index in [1.807, 2.05) is 36.1 Å².